The van der Waals surface area contributed by atoms with E-state index < -0.39 is 0 Å². The maximum absolute atomic E-state index is 5.77. The molecule has 0 aromatic rings. The Morgan fingerprint density at radius 2 is 1.86 bits per heavy atom. The Bertz CT molecular complexity index is 186. The molecule has 0 spiro atoms. The maximum atomic E-state index is 5.77. The van der Waals surface area contributed by atoms with Crippen molar-refractivity contribution in [2.24, 2.45) is 11.7 Å². The molecule has 14 heavy (non-hydrogen) atoms. The van der Waals surface area contributed by atoms with E-state index in [4.69, 9.17) is 5.73 Å². The molecule has 0 aromatic carbocycles. The summed E-state index contributed by atoms with van der Waals surface area (Å²) < 4.78 is 0. The Labute approximate surface area is 91.6 Å². The highest BCUT2D eigenvalue weighted by Crippen LogP contribution is 2.35. The lowest BCUT2D eigenvalue weighted by atomic mass is 9.78. The smallest absolute Gasteiger partial charge is 0.0149 e. The molecule has 1 saturated heterocycles. The molecule has 1 heterocycles. The third-order valence-corrected chi connectivity index (χ3v) is 4.82. The van der Waals surface area contributed by atoms with E-state index in [2.05, 4.69) is 30.5 Å². The van der Waals surface area contributed by atoms with Gasteiger partial charge in [-0.15, -0.1) is 0 Å². The molecule has 2 N–H and O–H groups in total. The molecule has 0 radical (unpaired) electrons. The Balaban J connectivity index is 1.90. The summed E-state index contributed by atoms with van der Waals surface area (Å²) >= 11 is 2.13. The van der Waals surface area contributed by atoms with Crippen molar-refractivity contribution in [2.45, 2.75) is 43.2 Å². The summed E-state index contributed by atoms with van der Waals surface area (Å²) in [5, 5.41) is 1.61. The average Bonchev–Trinajstić information content (AvgIpc) is 2.00. The number of nitrogens with zero attached hydrogens (tertiary/aromatic N) is 1. The van der Waals surface area contributed by atoms with Crippen LogP contribution in [0.3, 0.4) is 0 Å². The van der Waals surface area contributed by atoms with Crippen molar-refractivity contribution in [1.82, 2.24) is 4.90 Å². The lowest BCUT2D eigenvalue weighted by Gasteiger charge is -2.48. The van der Waals surface area contributed by atoms with Crippen LogP contribution in [0.1, 0.15) is 26.7 Å². The van der Waals surface area contributed by atoms with Crippen LogP contribution in [0.5, 0.6) is 0 Å². The van der Waals surface area contributed by atoms with Crippen LogP contribution in [-0.2, 0) is 0 Å². The fraction of sp³-hybridized carbons (Fsp3) is 1.00. The van der Waals surface area contributed by atoms with E-state index in [0.29, 0.717) is 0 Å². The van der Waals surface area contributed by atoms with Crippen LogP contribution < -0.4 is 5.73 Å². The zero-order valence-corrected chi connectivity index (χ0v) is 10.1. The van der Waals surface area contributed by atoms with Crippen LogP contribution >= 0.6 is 11.8 Å². The molecule has 2 rings (SSSR count). The minimum atomic E-state index is 0.789. The zero-order valence-electron chi connectivity index (χ0n) is 9.28. The van der Waals surface area contributed by atoms with Gasteiger partial charge in [0.25, 0.3) is 0 Å². The van der Waals surface area contributed by atoms with E-state index in [-0.39, 0.29) is 0 Å². The van der Waals surface area contributed by atoms with Crippen molar-refractivity contribution >= 4 is 11.8 Å². The summed E-state index contributed by atoms with van der Waals surface area (Å²) in [7, 11) is 0. The summed E-state index contributed by atoms with van der Waals surface area (Å²) in [6, 6.07) is 0.811. The van der Waals surface area contributed by atoms with Gasteiger partial charge < -0.3 is 5.73 Å². The van der Waals surface area contributed by atoms with E-state index in [1.165, 1.54) is 25.9 Å². The van der Waals surface area contributed by atoms with E-state index in [1.807, 2.05) is 0 Å². The Morgan fingerprint density at radius 1 is 1.21 bits per heavy atom. The molecule has 1 aliphatic carbocycles. The SMILES string of the molecule is CC1CN(C2CCC2CN)CC(C)S1. The summed E-state index contributed by atoms with van der Waals surface area (Å²) in [4.78, 5) is 2.69. The highest BCUT2D eigenvalue weighted by Gasteiger charge is 2.37. The minimum absolute atomic E-state index is 0.789. The molecule has 0 amide bonds. The molecule has 4 unspecified atom stereocenters. The standard InChI is InChI=1S/C11H22N2S/c1-8-6-13(7-9(2)14-8)11-4-3-10(11)5-12/h8-11H,3-7,12H2,1-2H3. The quantitative estimate of drug-likeness (QED) is 0.756. The van der Waals surface area contributed by atoms with Crippen molar-refractivity contribution in [2.75, 3.05) is 19.6 Å². The number of hydrogen-bond acceptors (Lipinski definition) is 3. The fourth-order valence-corrected chi connectivity index (χ4v) is 4.14. The van der Waals surface area contributed by atoms with Crippen LogP contribution in [0.2, 0.25) is 0 Å². The number of thioether (sulfide) groups is 1. The average molecular weight is 214 g/mol. The van der Waals surface area contributed by atoms with Crippen LogP contribution in [-0.4, -0.2) is 41.1 Å². The van der Waals surface area contributed by atoms with Gasteiger partial charge in [0, 0.05) is 29.6 Å². The van der Waals surface area contributed by atoms with Crippen LogP contribution in [0.4, 0.5) is 0 Å². The second kappa shape index (κ2) is 4.42. The monoisotopic (exact) mass is 214 g/mol. The van der Waals surface area contributed by atoms with Crippen LogP contribution in [0.15, 0.2) is 0 Å². The molecule has 3 heteroatoms. The van der Waals surface area contributed by atoms with E-state index in [0.717, 1.165) is 29.0 Å². The summed E-state index contributed by atoms with van der Waals surface area (Å²) in [5.74, 6) is 0.789. The number of hydrogen-bond donors (Lipinski definition) is 1. The number of nitrogens with two attached hydrogens (primary N) is 1. The van der Waals surface area contributed by atoms with Gasteiger partial charge in [-0.3, -0.25) is 4.90 Å². The third-order valence-electron chi connectivity index (χ3n) is 3.60. The van der Waals surface area contributed by atoms with Gasteiger partial charge in [0.05, 0.1) is 0 Å². The maximum Gasteiger partial charge on any atom is 0.0149 e. The van der Waals surface area contributed by atoms with Gasteiger partial charge in [-0.25, -0.2) is 0 Å². The second-order valence-electron chi connectivity index (χ2n) is 4.85. The molecule has 0 bridgehead atoms. The molecular formula is C11H22N2S. The molecular weight excluding hydrogens is 192 g/mol. The van der Waals surface area contributed by atoms with Crippen molar-refractivity contribution in [1.29, 1.82) is 0 Å². The Morgan fingerprint density at radius 3 is 2.29 bits per heavy atom. The molecule has 2 aliphatic rings. The molecule has 1 aliphatic heterocycles. The number of rotatable bonds is 2. The van der Waals surface area contributed by atoms with Crippen LogP contribution in [0.25, 0.3) is 0 Å². The first-order valence-corrected chi connectivity index (χ1v) is 6.74. The first-order valence-electron chi connectivity index (χ1n) is 5.80. The molecule has 82 valence electrons. The summed E-state index contributed by atoms with van der Waals surface area (Å²) in [6.07, 6.45) is 2.74. The first-order chi connectivity index (χ1) is 6.70. The van der Waals surface area contributed by atoms with Gasteiger partial charge in [0.2, 0.25) is 0 Å². The molecule has 4 atom stereocenters. The van der Waals surface area contributed by atoms with E-state index >= 15 is 0 Å². The summed E-state index contributed by atoms with van der Waals surface area (Å²) in [6.45, 7) is 8.14. The first kappa shape index (κ1) is 10.8. The topological polar surface area (TPSA) is 29.3 Å². The fourth-order valence-electron chi connectivity index (χ4n) is 2.80. The van der Waals surface area contributed by atoms with Crippen molar-refractivity contribution in [3.8, 4) is 0 Å². The van der Waals surface area contributed by atoms with Gasteiger partial charge in [0.1, 0.15) is 0 Å². The van der Waals surface area contributed by atoms with Gasteiger partial charge >= 0.3 is 0 Å². The van der Waals surface area contributed by atoms with E-state index in [1.54, 1.807) is 0 Å². The lowest BCUT2D eigenvalue weighted by Crippen LogP contribution is -2.54. The normalized spacial score (nSPS) is 44.8. The minimum Gasteiger partial charge on any atom is -0.330 e. The van der Waals surface area contributed by atoms with Crippen molar-refractivity contribution in [3.05, 3.63) is 0 Å². The largest absolute Gasteiger partial charge is 0.330 e. The molecule has 1 saturated carbocycles. The Hall–Kier alpha value is 0.270. The lowest BCUT2D eigenvalue weighted by molar-refractivity contribution is 0.0654. The van der Waals surface area contributed by atoms with Gasteiger partial charge in [0.15, 0.2) is 0 Å². The highest BCUT2D eigenvalue weighted by molar-refractivity contribution is 8.00. The van der Waals surface area contributed by atoms with Crippen LogP contribution in [0, 0.1) is 5.92 Å². The molecule has 2 fully saturated rings. The van der Waals surface area contributed by atoms with Gasteiger partial charge in [-0.05, 0) is 25.3 Å². The molecule has 0 aromatic heterocycles. The summed E-state index contributed by atoms with van der Waals surface area (Å²) in [5.41, 5.74) is 5.77. The molecule has 2 nitrogen and oxygen atoms in total. The second-order valence-corrected chi connectivity index (χ2v) is 6.73. The Kier molecular flexibility index (Phi) is 3.40. The zero-order chi connectivity index (χ0) is 10.1. The van der Waals surface area contributed by atoms with E-state index in [9.17, 15) is 0 Å². The van der Waals surface area contributed by atoms with Gasteiger partial charge in [-0.2, -0.15) is 11.8 Å². The highest BCUT2D eigenvalue weighted by atomic mass is 32.2. The predicted molar refractivity (Wildman–Crippen MR) is 63.7 cm³/mol. The van der Waals surface area contributed by atoms with Crippen molar-refractivity contribution < 1.29 is 0 Å². The predicted octanol–water partition coefficient (Wildman–Crippen LogP) is 1.55. The van der Waals surface area contributed by atoms with Crippen molar-refractivity contribution in [3.63, 3.8) is 0 Å². The third kappa shape index (κ3) is 2.10. The van der Waals surface area contributed by atoms with Gasteiger partial charge in [-0.1, -0.05) is 13.8 Å².